The maximum atomic E-state index is 13.8. The van der Waals surface area contributed by atoms with Gasteiger partial charge in [-0.15, -0.1) is 0 Å². The van der Waals surface area contributed by atoms with E-state index in [2.05, 4.69) is 5.32 Å². The van der Waals surface area contributed by atoms with E-state index in [0.29, 0.717) is 16.8 Å². The Labute approximate surface area is 135 Å². The number of halogens is 1. The standard InChI is InChI=1S/C17H18FNO3S/c1-11-7-8-15(18)14(9-11)17(20)19-16-6-4-5-13(12(16)2)10-23(3,21)22/h4-9H,10H2,1-3H3,(H,19,20). The monoisotopic (exact) mass is 335 g/mol. The minimum Gasteiger partial charge on any atom is -0.322 e. The maximum Gasteiger partial charge on any atom is 0.258 e. The number of carbonyl (C=O) groups excluding carboxylic acids is 1. The first-order valence-electron chi connectivity index (χ1n) is 7.01. The Kier molecular flexibility index (Phi) is 4.85. The highest BCUT2D eigenvalue weighted by molar-refractivity contribution is 7.89. The van der Waals surface area contributed by atoms with E-state index in [-0.39, 0.29) is 11.3 Å². The first-order valence-corrected chi connectivity index (χ1v) is 9.07. The van der Waals surface area contributed by atoms with Crippen molar-refractivity contribution < 1.29 is 17.6 Å². The molecule has 0 aromatic heterocycles. The SMILES string of the molecule is Cc1ccc(F)c(C(=O)Nc2cccc(CS(C)(=O)=O)c2C)c1. The van der Waals surface area contributed by atoms with Crippen molar-refractivity contribution >= 4 is 21.4 Å². The second kappa shape index (κ2) is 6.50. The molecule has 0 aliphatic rings. The summed E-state index contributed by atoms with van der Waals surface area (Å²) in [5.41, 5.74) is 2.46. The summed E-state index contributed by atoms with van der Waals surface area (Å²) in [6, 6.07) is 9.32. The van der Waals surface area contributed by atoms with Crippen molar-refractivity contribution in [3.8, 4) is 0 Å². The Bertz CT molecular complexity index is 860. The van der Waals surface area contributed by atoms with Gasteiger partial charge in [-0.3, -0.25) is 4.79 Å². The van der Waals surface area contributed by atoms with Gasteiger partial charge in [-0.2, -0.15) is 0 Å². The molecule has 6 heteroatoms. The van der Waals surface area contributed by atoms with E-state index >= 15 is 0 Å². The van der Waals surface area contributed by atoms with Crippen LogP contribution in [0.25, 0.3) is 0 Å². The van der Waals surface area contributed by atoms with E-state index in [1.807, 2.05) is 0 Å². The molecule has 0 bridgehead atoms. The third-order valence-corrected chi connectivity index (χ3v) is 4.31. The van der Waals surface area contributed by atoms with Crippen molar-refractivity contribution in [3.05, 3.63) is 64.5 Å². The molecule has 0 saturated carbocycles. The van der Waals surface area contributed by atoms with E-state index in [0.717, 1.165) is 11.8 Å². The number of nitrogens with one attached hydrogen (secondary N) is 1. The molecule has 2 aromatic rings. The number of amides is 1. The van der Waals surface area contributed by atoms with E-state index < -0.39 is 21.6 Å². The highest BCUT2D eigenvalue weighted by atomic mass is 32.2. The number of hydrogen-bond acceptors (Lipinski definition) is 3. The predicted octanol–water partition coefficient (Wildman–Crippen LogP) is 3.24. The summed E-state index contributed by atoms with van der Waals surface area (Å²) < 4.78 is 36.7. The van der Waals surface area contributed by atoms with Crippen LogP contribution in [-0.4, -0.2) is 20.6 Å². The molecule has 2 rings (SSSR count). The van der Waals surface area contributed by atoms with Gasteiger partial charge in [0.25, 0.3) is 5.91 Å². The molecule has 23 heavy (non-hydrogen) atoms. The number of anilines is 1. The Morgan fingerprint density at radius 1 is 1.17 bits per heavy atom. The van der Waals surface area contributed by atoms with Gasteiger partial charge < -0.3 is 5.32 Å². The summed E-state index contributed by atoms with van der Waals surface area (Å²) in [5, 5.41) is 2.65. The van der Waals surface area contributed by atoms with Crippen molar-refractivity contribution in [3.63, 3.8) is 0 Å². The van der Waals surface area contributed by atoms with Crippen molar-refractivity contribution in [2.24, 2.45) is 0 Å². The van der Waals surface area contributed by atoms with Crippen LogP contribution in [0.5, 0.6) is 0 Å². The largest absolute Gasteiger partial charge is 0.322 e. The molecule has 0 fully saturated rings. The van der Waals surface area contributed by atoms with Gasteiger partial charge in [0.2, 0.25) is 0 Å². The normalized spacial score (nSPS) is 11.3. The summed E-state index contributed by atoms with van der Waals surface area (Å²) >= 11 is 0. The highest BCUT2D eigenvalue weighted by Gasteiger charge is 2.15. The molecule has 0 saturated heterocycles. The third kappa shape index (κ3) is 4.39. The first kappa shape index (κ1) is 17.1. The number of aryl methyl sites for hydroxylation is 1. The van der Waals surface area contributed by atoms with E-state index in [1.165, 1.54) is 12.1 Å². The zero-order chi connectivity index (χ0) is 17.2. The van der Waals surface area contributed by atoms with Gasteiger partial charge in [0, 0.05) is 11.9 Å². The molecule has 0 unspecified atom stereocenters. The van der Waals surface area contributed by atoms with Crippen LogP contribution >= 0.6 is 0 Å². The van der Waals surface area contributed by atoms with Gasteiger partial charge >= 0.3 is 0 Å². The number of carbonyl (C=O) groups is 1. The molecule has 0 heterocycles. The molecule has 4 nitrogen and oxygen atoms in total. The Morgan fingerprint density at radius 3 is 2.52 bits per heavy atom. The smallest absolute Gasteiger partial charge is 0.258 e. The van der Waals surface area contributed by atoms with E-state index in [9.17, 15) is 17.6 Å². The average molecular weight is 335 g/mol. The molecule has 2 aromatic carbocycles. The summed E-state index contributed by atoms with van der Waals surface area (Å²) in [7, 11) is -3.18. The molecular formula is C17H18FNO3S. The van der Waals surface area contributed by atoms with Gasteiger partial charge in [-0.05, 0) is 43.2 Å². The molecule has 122 valence electrons. The first-order chi connectivity index (χ1) is 10.7. The van der Waals surface area contributed by atoms with Gasteiger partial charge in [0.15, 0.2) is 9.84 Å². The van der Waals surface area contributed by atoms with Crippen molar-refractivity contribution in [2.45, 2.75) is 19.6 Å². The molecule has 0 spiro atoms. The van der Waals surface area contributed by atoms with Gasteiger partial charge in [0.05, 0.1) is 11.3 Å². The van der Waals surface area contributed by atoms with Crippen molar-refractivity contribution in [1.82, 2.24) is 0 Å². The topological polar surface area (TPSA) is 63.2 Å². The molecule has 1 amide bonds. The minimum atomic E-state index is -3.18. The second-order valence-corrected chi connectivity index (χ2v) is 7.74. The van der Waals surface area contributed by atoms with Crippen LogP contribution in [-0.2, 0) is 15.6 Å². The number of benzene rings is 2. The van der Waals surface area contributed by atoms with Crippen LogP contribution in [0, 0.1) is 19.7 Å². The maximum absolute atomic E-state index is 13.8. The van der Waals surface area contributed by atoms with Crippen molar-refractivity contribution in [2.75, 3.05) is 11.6 Å². The Hall–Kier alpha value is -2.21. The summed E-state index contributed by atoms with van der Waals surface area (Å²) in [4.78, 5) is 12.3. The number of hydrogen-bond donors (Lipinski definition) is 1. The summed E-state index contributed by atoms with van der Waals surface area (Å²) in [5.74, 6) is -1.27. The van der Waals surface area contributed by atoms with Crippen molar-refractivity contribution in [1.29, 1.82) is 0 Å². The lowest BCUT2D eigenvalue weighted by Gasteiger charge is -2.12. The van der Waals surface area contributed by atoms with Gasteiger partial charge in [-0.1, -0.05) is 23.8 Å². The zero-order valence-corrected chi connectivity index (χ0v) is 14.0. The van der Waals surface area contributed by atoms with Crippen LogP contribution in [0.3, 0.4) is 0 Å². The summed E-state index contributed by atoms with van der Waals surface area (Å²) in [6.45, 7) is 3.50. The van der Waals surface area contributed by atoms with Crippen LogP contribution < -0.4 is 5.32 Å². The van der Waals surface area contributed by atoms with Crippen LogP contribution in [0.4, 0.5) is 10.1 Å². The number of sulfone groups is 1. The fourth-order valence-corrected chi connectivity index (χ4v) is 3.14. The lowest BCUT2D eigenvalue weighted by molar-refractivity contribution is 0.102. The van der Waals surface area contributed by atoms with Crippen LogP contribution in [0.1, 0.15) is 27.0 Å². The zero-order valence-electron chi connectivity index (χ0n) is 13.2. The fourth-order valence-electron chi connectivity index (χ4n) is 2.26. The second-order valence-electron chi connectivity index (χ2n) is 5.60. The predicted molar refractivity (Wildman–Crippen MR) is 88.8 cm³/mol. The van der Waals surface area contributed by atoms with E-state index in [1.54, 1.807) is 38.1 Å². The van der Waals surface area contributed by atoms with Gasteiger partial charge in [-0.25, -0.2) is 12.8 Å². The third-order valence-electron chi connectivity index (χ3n) is 3.48. The lowest BCUT2D eigenvalue weighted by atomic mass is 10.1. The highest BCUT2D eigenvalue weighted by Crippen LogP contribution is 2.22. The average Bonchev–Trinajstić information content (AvgIpc) is 2.44. The Balaban J connectivity index is 2.31. The van der Waals surface area contributed by atoms with Crippen LogP contribution in [0.2, 0.25) is 0 Å². The van der Waals surface area contributed by atoms with Crippen LogP contribution in [0.15, 0.2) is 36.4 Å². The molecule has 0 radical (unpaired) electrons. The molecule has 1 N–H and O–H groups in total. The Morgan fingerprint density at radius 2 is 1.87 bits per heavy atom. The van der Waals surface area contributed by atoms with Gasteiger partial charge in [0.1, 0.15) is 5.82 Å². The quantitative estimate of drug-likeness (QED) is 0.933. The molecule has 0 atom stereocenters. The van der Waals surface area contributed by atoms with E-state index in [4.69, 9.17) is 0 Å². The minimum absolute atomic E-state index is 0.0436. The lowest BCUT2D eigenvalue weighted by Crippen LogP contribution is -2.15. The molecule has 0 aliphatic heterocycles. The number of rotatable bonds is 4. The fraction of sp³-hybridized carbons (Fsp3) is 0.235. The molecular weight excluding hydrogens is 317 g/mol. The summed E-state index contributed by atoms with van der Waals surface area (Å²) in [6.07, 6.45) is 1.15. The molecule has 0 aliphatic carbocycles.